The maximum absolute atomic E-state index is 6.10. The fraction of sp³-hybridized carbons (Fsp3) is 0.750. The molecule has 2 atom stereocenters. The van der Waals surface area contributed by atoms with E-state index in [1.165, 1.54) is 28.3 Å². The quantitative estimate of drug-likeness (QED) is 0.876. The van der Waals surface area contributed by atoms with E-state index in [1.807, 2.05) is 11.3 Å². The molecule has 1 aromatic rings. The number of nitrogens with two attached hydrogens (primary N) is 1. The Morgan fingerprint density at radius 3 is 2.60 bits per heavy atom. The van der Waals surface area contributed by atoms with Crippen LogP contribution in [0.5, 0.6) is 0 Å². The van der Waals surface area contributed by atoms with Gasteiger partial charge in [-0.3, -0.25) is 9.80 Å². The maximum atomic E-state index is 6.10. The van der Waals surface area contributed by atoms with E-state index < -0.39 is 0 Å². The number of likely N-dealkylation sites (tertiary alicyclic amines) is 1. The van der Waals surface area contributed by atoms with Gasteiger partial charge in [0.2, 0.25) is 0 Å². The summed E-state index contributed by atoms with van der Waals surface area (Å²) in [5, 5.41) is 0. The molecule has 0 saturated carbocycles. The second kappa shape index (κ2) is 7.03. The minimum absolute atomic E-state index is 0.403. The summed E-state index contributed by atoms with van der Waals surface area (Å²) < 4.78 is 0. The summed E-state index contributed by atoms with van der Waals surface area (Å²) in [6.07, 6.45) is 1.28. The molecule has 1 aromatic heterocycles. The predicted molar refractivity (Wildman–Crippen MR) is 88.5 cm³/mol. The normalized spacial score (nSPS) is 21.8. The Balaban J connectivity index is 2.08. The Morgan fingerprint density at radius 2 is 2.10 bits per heavy atom. The lowest BCUT2D eigenvalue weighted by atomic mass is 10.1. The first-order valence-corrected chi connectivity index (χ1v) is 8.67. The molecule has 1 aliphatic heterocycles. The molecular weight excluding hydrogens is 266 g/mol. The third kappa shape index (κ3) is 3.25. The van der Waals surface area contributed by atoms with Gasteiger partial charge in [-0.15, -0.1) is 11.3 Å². The number of thiophene rings is 1. The summed E-state index contributed by atoms with van der Waals surface area (Å²) in [5.74, 6) is 0. The Hall–Kier alpha value is -0.420. The monoisotopic (exact) mass is 295 g/mol. The summed E-state index contributed by atoms with van der Waals surface area (Å²) in [7, 11) is 0. The highest BCUT2D eigenvalue weighted by Crippen LogP contribution is 2.32. The van der Waals surface area contributed by atoms with Gasteiger partial charge in [0, 0.05) is 41.5 Å². The summed E-state index contributed by atoms with van der Waals surface area (Å²) in [6.45, 7) is 14.3. The van der Waals surface area contributed by atoms with Crippen LogP contribution in [0.25, 0.3) is 0 Å². The molecule has 0 aliphatic carbocycles. The maximum Gasteiger partial charge on any atom is 0.0482 e. The van der Waals surface area contributed by atoms with Gasteiger partial charge in [-0.05, 0) is 45.0 Å². The molecule has 2 rings (SSSR count). The van der Waals surface area contributed by atoms with Gasteiger partial charge in [0.05, 0.1) is 0 Å². The standard InChI is InChI=1S/C16H29N3S/c1-5-18(6-2)14-7-8-19(11-14)16(10-17)15-9-12(3)20-13(15)4/h9,14,16H,5-8,10-11,17H2,1-4H3. The molecule has 0 bridgehead atoms. The lowest BCUT2D eigenvalue weighted by molar-refractivity contribution is 0.189. The van der Waals surface area contributed by atoms with E-state index in [4.69, 9.17) is 5.73 Å². The van der Waals surface area contributed by atoms with Gasteiger partial charge in [-0.25, -0.2) is 0 Å². The fourth-order valence-electron chi connectivity index (χ4n) is 3.54. The van der Waals surface area contributed by atoms with Crippen LogP contribution in [0.1, 0.15) is 41.6 Å². The second-order valence-electron chi connectivity index (χ2n) is 5.78. The van der Waals surface area contributed by atoms with Crippen molar-refractivity contribution in [3.05, 3.63) is 21.4 Å². The predicted octanol–water partition coefficient (Wildman–Crippen LogP) is 2.78. The van der Waals surface area contributed by atoms with Crippen LogP contribution in [-0.2, 0) is 0 Å². The van der Waals surface area contributed by atoms with Crippen molar-refractivity contribution >= 4 is 11.3 Å². The molecule has 2 heterocycles. The number of hydrogen-bond donors (Lipinski definition) is 1. The molecular formula is C16H29N3S. The largest absolute Gasteiger partial charge is 0.329 e. The molecule has 0 spiro atoms. The van der Waals surface area contributed by atoms with Gasteiger partial charge < -0.3 is 5.73 Å². The lowest BCUT2D eigenvalue weighted by Crippen LogP contribution is -2.39. The van der Waals surface area contributed by atoms with Crippen molar-refractivity contribution in [3.8, 4) is 0 Å². The third-order valence-corrected chi connectivity index (χ3v) is 5.61. The minimum atomic E-state index is 0.403. The average Bonchev–Trinajstić information content (AvgIpc) is 3.01. The zero-order valence-corrected chi connectivity index (χ0v) is 14.2. The molecule has 114 valence electrons. The smallest absolute Gasteiger partial charge is 0.0482 e. The van der Waals surface area contributed by atoms with Gasteiger partial charge in [0.1, 0.15) is 0 Å². The van der Waals surface area contributed by atoms with Crippen molar-refractivity contribution in [1.29, 1.82) is 0 Å². The van der Waals surface area contributed by atoms with Crippen LogP contribution in [-0.4, -0.2) is 48.6 Å². The zero-order chi connectivity index (χ0) is 14.7. The van der Waals surface area contributed by atoms with Crippen molar-refractivity contribution in [3.63, 3.8) is 0 Å². The van der Waals surface area contributed by atoms with Gasteiger partial charge in [-0.1, -0.05) is 13.8 Å². The summed E-state index contributed by atoms with van der Waals surface area (Å²) in [4.78, 5) is 8.01. The van der Waals surface area contributed by atoms with E-state index in [1.54, 1.807) is 0 Å². The molecule has 0 radical (unpaired) electrons. The molecule has 2 unspecified atom stereocenters. The molecule has 1 fully saturated rings. The summed E-state index contributed by atoms with van der Waals surface area (Å²) in [5.41, 5.74) is 7.55. The van der Waals surface area contributed by atoms with Crippen LogP contribution in [0, 0.1) is 13.8 Å². The van der Waals surface area contributed by atoms with E-state index in [-0.39, 0.29) is 0 Å². The SMILES string of the molecule is CCN(CC)C1CCN(C(CN)c2cc(C)sc2C)C1. The first kappa shape index (κ1) is 16.0. The Kier molecular flexibility index (Phi) is 5.61. The number of hydrogen-bond acceptors (Lipinski definition) is 4. The van der Waals surface area contributed by atoms with Crippen LogP contribution < -0.4 is 5.73 Å². The van der Waals surface area contributed by atoms with Crippen LogP contribution in [0.3, 0.4) is 0 Å². The van der Waals surface area contributed by atoms with Crippen molar-refractivity contribution < 1.29 is 0 Å². The molecule has 1 aliphatic rings. The van der Waals surface area contributed by atoms with E-state index in [9.17, 15) is 0 Å². The lowest BCUT2D eigenvalue weighted by Gasteiger charge is -2.30. The minimum Gasteiger partial charge on any atom is -0.329 e. The van der Waals surface area contributed by atoms with Crippen LogP contribution in [0.15, 0.2) is 6.07 Å². The van der Waals surface area contributed by atoms with Crippen molar-refractivity contribution in [2.45, 2.75) is 46.2 Å². The van der Waals surface area contributed by atoms with Crippen molar-refractivity contribution in [2.24, 2.45) is 5.73 Å². The van der Waals surface area contributed by atoms with Gasteiger partial charge in [0.15, 0.2) is 0 Å². The van der Waals surface area contributed by atoms with E-state index in [2.05, 4.69) is 43.6 Å². The molecule has 0 amide bonds. The van der Waals surface area contributed by atoms with Crippen LogP contribution in [0.4, 0.5) is 0 Å². The molecule has 0 aromatic carbocycles. The molecule has 2 N–H and O–H groups in total. The number of aryl methyl sites for hydroxylation is 2. The van der Waals surface area contributed by atoms with Crippen molar-refractivity contribution in [1.82, 2.24) is 9.80 Å². The molecule has 4 heteroatoms. The molecule has 1 saturated heterocycles. The zero-order valence-electron chi connectivity index (χ0n) is 13.4. The summed E-state index contributed by atoms with van der Waals surface area (Å²) in [6, 6.07) is 3.45. The second-order valence-corrected chi connectivity index (χ2v) is 7.24. The third-order valence-electron chi connectivity index (χ3n) is 4.63. The first-order valence-electron chi connectivity index (χ1n) is 7.85. The van der Waals surface area contributed by atoms with Crippen LogP contribution >= 0.6 is 11.3 Å². The van der Waals surface area contributed by atoms with Gasteiger partial charge in [-0.2, -0.15) is 0 Å². The Bertz CT molecular complexity index is 425. The highest BCUT2D eigenvalue weighted by atomic mass is 32.1. The van der Waals surface area contributed by atoms with Crippen molar-refractivity contribution in [2.75, 3.05) is 32.7 Å². The number of nitrogens with zero attached hydrogens (tertiary/aromatic N) is 2. The van der Waals surface area contributed by atoms with E-state index in [0.717, 1.165) is 26.2 Å². The fourth-order valence-corrected chi connectivity index (χ4v) is 4.52. The van der Waals surface area contributed by atoms with Gasteiger partial charge >= 0.3 is 0 Å². The molecule has 20 heavy (non-hydrogen) atoms. The van der Waals surface area contributed by atoms with E-state index >= 15 is 0 Å². The summed E-state index contributed by atoms with van der Waals surface area (Å²) >= 11 is 1.90. The highest BCUT2D eigenvalue weighted by molar-refractivity contribution is 7.12. The van der Waals surface area contributed by atoms with Crippen LogP contribution in [0.2, 0.25) is 0 Å². The number of rotatable bonds is 6. The topological polar surface area (TPSA) is 32.5 Å². The van der Waals surface area contributed by atoms with Gasteiger partial charge in [0.25, 0.3) is 0 Å². The number of likely N-dealkylation sites (N-methyl/N-ethyl adjacent to an activating group) is 1. The first-order chi connectivity index (χ1) is 9.60. The Morgan fingerprint density at radius 1 is 1.40 bits per heavy atom. The Labute approximate surface area is 127 Å². The molecule has 3 nitrogen and oxygen atoms in total. The average molecular weight is 295 g/mol. The highest BCUT2D eigenvalue weighted by Gasteiger charge is 2.31. The van der Waals surface area contributed by atoms with E-state index in [0.29, 0.717) is 12.1 Å².